The summed E-state index contributed by atoms with van der Waals surface area (Å²) >= 11 is 0. The van der Waals surface area contributed by atoms with Crippen LogP contribution in [0, 0.1) is 12.7 Å². The molecule has 0 unspecified atom stereocenters. The van der Waals surface area contributed by atoms with E-state index in [1.807, 2.05) is 0 Å². The summed E-state index contributed by atoms with van der Waals surface area (Å²) < 4.78 is 45.7. The van der Waals surface area contributed by atoms with E-state index in [1.165, 1.54) is 17.0 Å². The van der Waals surface area contributed by atoms with E-state index in [0.717, 1.165) is 17.9 Å². The van der Waals surface area contributed by atoms with E-state index >= 15 is 0 Å². The van der Waals surface area contributed by atoms with Crippen molar-refractivity contribution in [3.8, 4) is 0 Å². The predicted octanol–water partition coefficient (Wildman–Crippen LogP) is 2.46. The van der Waals surface area contributed by atoms with E-state index in [0.29, 0.717) is 5.76 Å². The number of rotatable bonds is 7. The van der Waals surface area contributed by atoms with Crippen LogP contribution in [0.3, 0.4) is 0 Å². The van der Waals surface area contributed by atoms with Gasteiger partial charge in [-0.25, -0.2) is 17.5 Å². The second kappa shape index (κ2) is 7.62. The molecule has 2 rings (SSSR count). The SMILES string of the molecule is C=CCNS(=O)(=O)c1cc(C(=O)N(C)Cc2ccc(C)o2)ccc1F. The van der Waals surface area contributed by atoms with Crippen LogP contribution < -0.4 is 4.72 Å². The van der Waals surface area contributed by atoms with Gasteiger partial charge < -0.3 is 9.32 Å². The number of hydrogen-bond acceptors (Lipinski definition) is 4. The standard InChI is InChI=1S/C17H19FN2O4S/c1-4-9-19-25(22,23)16-10-13(6-8-15(16)18)17(21)20(3)11-14-7-5-12(2)24-14/h4-8,10,19H,1,9,11H2,2-3H3. The van der Waals surface area contributed by atoms with Crippen LogP contribution in [0.2, 0.25) is 0 Å². The zero-order chi connectivity index (χ0) is 18.6. The van der Waals surface area contributed by atoms with Crippen molar-refractivity contribution >= 4 is 15.9 Å². The number of benzene rings is 1. The van der Waals surface area contributed by atoms with E-state index in [4.69, 9.17) is 4.42 Å². The van der Waals surface area contributed by atoms with E-state index in [9.17, 15) is 17.6 Å². The quantitative estimate of drug-likeness (QED) is 0.764. The number of nitrogens with zero attached hydrogens (tertiary/aromatic N) is 1. The molecule has 1 aromatic heterocycles. The number of carbonyl (C=O) groups is 1. The van der Waals surface area contributed by atoms with Gasteiger partial charge in [-0.05, 0) is 37.3 Å². The average Bonchev–Trinajstić information content (AvgIpc) is 2.97. The van der Waals surface area contributed by atoms with Crippen LogP contribution in [0.5, 0.6) is 0 Å². The van der Waals surface area contributed by atoms with Gasteiger partial charge in [0.1, 0.15) is 22.2 Å². The number of aryl methyl sites for hydroxylation is 1. The number of amides is 1. The third-order valence-electron chi connectivity index (χ3n) is 3.42. The van der Waals surface area contributed by atoms with E-state index in [2.05, 4.69) is 11.3 Å². The molecule has 134 valence electrons. The highest BCUT2D eigenvalue weighted by atomic mass is 32.2. The molecule has 0 saturated carbocycles. The lowest BCUT2D eigenvalue weighted by molar-refractivity contribution is 0.0774. The number of carbonyl (C=O) groups excluding carboxylic acids is 1. The minimum absolute atomic E-state index is 0.0440. The van der Waals surface area contributed by atoms with Crippen molar-refractivity contribution in [2.24, 2.45) is 0 Å². The summed E-state index contributed by atoms with van der Waals surface area (Å²) in [7, 11) is -2.53. The van der Waals surface area contributed by atoms with E-state index in [1.54, 1.807) is 26.1 Å². The van der Waals surface area contributed by atoms with Gasteiger partial charge in [0, 0.05) is 19.2 Å². The maximum absolute atomic E-state index is 13.9. The van der Waals surface area contributed by atoms with E-state index in [-0.39, 0.29) is 18.7 Å². The Hall–Kier alpha value is -2.45. The van der Waals surface area contributed by atoms with Crippen LogP contribution in [0.1, 0.15) is 21.9 Å². The minimum atomic E-state index is -4.08. The fourth-order valence-corrected chi connectivity index (χ4v) is 3.28. The van der Waals surface area contributed by atoms with Gasteiger partial charge in [0.2, 0.25) is 10.0 Å². The molecule has 25 heavy (non-hydrogen) atoms. The van der Waals surface area contributed by atoms with Gasteiger partial charge in [-0.1, -0.05) is 6.08 Å². The highest BCUT2D eigenvalue weighted by Crippen LogP contribution is 2.18. The monoisotopic (exact) mass is 366 g/mol. The molecule has 1 N–H and O–H groups in total. The molecule has 1 aromatic carbocycles. The lowest BCUT2D eigenvalue weighted by atomic mass is 10.2. The Balaban J connectivity index is 2.25. The molecule has 0 aliphatic carbocycles. The molecular formula is C17H19FN2O4S. The second-order valence-corrected chi connectivity index (χ2v) is 7.19. The maximum Gasteiger partial charge on any atom is 0.254 e. The molecule has 0 saturated heterocycles. The first kappa shape index (κ1) is 18.9. The Morgan fingerprint density at radius 2 is 2.08 bits per heavy atom. The Labute approximate surface area is 146 Å². The first-order chi connectivity index (χ1) is 11.7. The molecule has 1 amide bonds. The van der Waals surface area contributed by atoms with Crippen molar-refractivity contribution < 1.29 is 22.0 Å². The molecule has 0 fully saturated rings. The van der Waals surface area contributed by atoms with Crippen molar-refractivity contribution in [1.82, 2.24) is 9.62 Å². The summed E-state index contributed by atoms with van der Waals surface area (Å²) in [5.41, 5.74) is 0.0613. The fourth-order valence-electron chi connectivity index (χ4n) is 2.18. The number of furan rings is 1. The van der Waals surface area contributed by atoms with Gasteiger partial charge in [0.15, 0.2) is 0 Å². The van der Waals surface area contributed by atoms with Crippen molar-refractivity contribution in [2.45, 2.75) is 18.4 Å². The Morgan fingerprint density at radius 1 is 1.36 bits per heavy atom. The second-order valence-electron chi connectivity index (χ2n) is 5.46. The minimum Gasteiger partial charge on any atom is -0.464 e. The number of sulfonamides is 1. The normalized spacial score (nSPS) is 11.3. The lowest BCUT2D eigenvalue weighted by Gasteiger charge is -2.16. The Kier molecular flexibility index (Phi) is 5.76. The average molecular weight is 366 g/mol. The van der Waals surface area contributed by atoms with Gasteiger partial charge in [-0.3, -0.25) is 4.79 Å². The van der Waals surface area contributed by atoms with Crippen LogP contribution in [-0.2, 0) is 16.6 Å². The summed E-state index contributed by atoms with van der Waals surface area (Å²) in [4.78, 5) is 13.3. The van der Waals surface area contributed by atoms with Gasteiger partial charge in [-0.15, -0.1) is 6.58 Å². The first-order valence-electron chi connectivity index (χ1n) is 7.45. The molecule has 1 heterocycles. The third-order valence-corrected chi connectivity index (χ3v) is 4.86. The largest absolute Gasteiger partial charge is 0.464 e. The molecule has 0 spiro atoms. The predicted molar refractivity (Wildman–Crippen MR) is 91.0 cm³/mol. The zero-order valence-electron chi connectivity index (χ0n) is 14.0. The van der Waals surface area contributed by atoms with Gasteiger partial charge >= 0.3 is 0 Å². The zero-order valence-corrected chi connectivity index (χ0v) is 14.8. The molecule has 0 aliphatic heterocycles. The smallest absolute Gasteiger partial charge is 0.254 e. The van der Waals surface area contributed by atoms with Crippen molar-refractivity contribution in [3.63, 3.8) is 0 Å². The van der Waals surface area contributed by atoms with Crippen LogP contribution in [-0.4, -0.2) is 32.8 Å². The van der Waals surface area contributed by atoms with Crippen LogP contribution in [0.25, 0.3) is 0 Å². The van der Waals surface area contributed by atoms with Gasteiger partial charge in [0.05, 0.1) is 6.54 Å². The lowest BCUT2D eigenvalue weighted by Crippen LogP contribution is -2.28. The van der Waals surface area contributed by atoms with Crippen LogP contribution >= 0.6 is 0 Å². The van der Waals surface area contributed by atoms with Gasteiger partial charge in [-0.2, -0.15) is 0 Å². The summed E-state index contributed by atoms with van der Waals surface area (Å²) in [6.45, 7) is 5.36. The Morgan fingerprint density at radius 3 is 2.68 bits per heavy atom. The molecule has 8 heteroatoms. The molecule has 0 atom stereocenters. The van der Waals surface area contributed by atoms with Crippen LogP contribution in [0.4, 0.5) is 4.39 Å². The molecular weight excluding hydrogens is 347 g/mol. The topological polar surface area (TPSA) is 79.6 Å². The molecule has 0 bridgehead atoms. The van der Waals surface area contributed by atoms with Gasteiger partial charge in [0.25, 0.3) is 5.91 Å². The van der Waals surface area contributed by atoms with Crippen molar-refractivity contribution in [2.75, 3.05) is 13.6 Å². The molecule has 0 radical (unpaired) electrons. The number of nitrogens with one attached hydrogen (secondary N) is 1. The third kappa shape index (κ3) is 4.55. The summed E-state index contributed by atoms with van der Waals surface area (Å²) in [6.07, 6.45) is 1.34. The van der Waals surface area contributed by atoms with Crippen molar-refractivity contribution in [1.29, 1.82) is 0 Å². The summed E-state index contributed by atoms with van der Waals surface area (Å²) in [5.74, 6) is -0.0677. The molecule has 6 nitrogen and oxygen atoms in total. The Bertz CT molecular complexity index is 890. The maximum atomic E-state index is 13.9. The summed E-state index contributed by atoms with van der Waals surface area (Å²) in [5, 5.41) is 0. The number of halogens is 1. The first-order valence-corrected chi connectivity index (χ1v) is 8.94. The summed E-state index contributed by atoms with van der Waals surface area (Å²) in [6, 6.07) is 6.75. The van der Waals surface area contributed by atoms with Crippen molar-refractivity contribution in [3.05, 3.63) is 65.9 Å². The number of hydrogen-bond donors (Lipinski definition) is 1. The van der Waals surface area contributed by atoms with E-state index < -0.39 is 26.6 Å². The molecule has 0 aliphatic rings. The highest BCUT2D eigenvalue weighted by molar-refractivity contribution is 7.89. The molecule has 2 aromatic rings. The van der Waals surface area contributed by atoms with Crippen LogP contribution in [0.15, 0.2) is 52.3 Å². The highest BCUT2D eigenvalue weighted by Gasteiger charge is 2.22. The fraction of sp³-hybridized carbons (Fsp3) is 0.235.